The molecule has 0 unspecified atom stereocenters. The monoisotopic (exact) mass is 469 g/mol. The Morgan fingerprint density at radius 2 is 1.59 bits per heavy atom. The van der Waals surface area contributed by atoms with Gasteiger partial charge in [-0.3, -0.25) is 4.79 Å². The van der Waals surface area contributed by atoms with E-state index in [4.69, 9.17) is 21.3 Å². The molecular formula is C27H17ClFN3O2. The number of nitrogens with one attached hydrogen (secondary N) is 1. The lowest BCUT2D eigenvalue weighted by Gasteiger charge is -2.12. The first-order valence-corrected chi connectivity index (χ1v) is 10.8. The van der Waals surface area contributed by atoms with Crippen molar-refractivity contribution in [2.75, 3.05) is 0 Å². The van der Waals surface area contributed by atoms with E-state index in [1.807, 2.05) is 60.7 Å². The van der Waals surface area contributed by atoms with Crippen LogP contribution in [0.25, 0.3) is 10.9 Å². The number of hydrogen-bond donors (Lipinski definition) is 1. The van der Waals surface area contributed by atoms with Crippen LogP contribution in [0.15, 0.2) is 107 Å². The van der Waals surface area contributed by atoms with E-state index >= 15 is 0 Å². The van der Waals surface area contributed by atoms with Crippen molar-refractivity contribution in [2.24, 2.45) is 4.99 Å². The Morgan fingerprint density at radius 3 is 2.26 bits per heavy atom. The maximum Gasteiger partial charge on any atom is 0.258 e. The predicted molar refractivity (Wildman–Crippen MR) is 132 cm³/mol. The smallest absolute Gasteiger partial charge is 0.258 e. The molecule has 1 aromatic heterocycles. The Hall–Kier alpha value is -4.29. The van der Waals surface area contributed by atoms with Crippen molar-refractivity contribution in [1.82, 2.24) is 9.97 Å². The molecule has 5 aromatic rings. The van der Waals surface area contributed by atoms with Crippen molar-refractivity contribution in [3.05, 3.63) is 130 Å². The van der Waals surface area contributed by atoms with Gasteiger partial charge >= 0.3 is 0 Å². The molecule has 0 saturated carbocycles. The van der Waals surface area contributed by atoms with E-state index in [-0.39, 0.29) is 22.1 Å². The van der Waals surface area contributed by atoms with Crippen molar-refractivity contribution < 1.29 is 9.13 Å². The summed E-state index contributed by atoms with van der Waals surface area (Å²) < 4.78 is 20.5. The second-order valence-electron chi connectivity index (χ2n) is 7.41. The molecule has 5 nitrogen and oxygen atoms in total. The SMILES string of the molecule is O=c1[nH]cnc2ccc(Oc3c(F)ccc(N=C(c4ccccc4)c4ccccc4)c3Cl)cc12. The highest BCUT2D eigenvalue weighted by atomic mass is 35.5. The molecule has 1 N–H and O–H groups in total. The summed E-state index contributed by atoms with van der Waals surface area (Å²) in [5, 5.41) is 0.339. The van der Waals surface area contributed by atoms with Crippen LogP contribution in [0, 0.1) is 5.82 Å². The zero-order valence-electron chi connectivity index (χ0n) is 17.7. The molecule has 0 spiro atoms. The van der Waals surface area contributed by atoms with Gasteiger partial charge in [-0.05, 0) is 30.3 Å². The van der Waals surface area contributed by atoms with Gasteiger partial charge in [-0.25, -0.2) is 14.4 Å². The highest BCUT2D eigenvalue weighted by molar-refractivity contribution is 6.35. The summed E-state index contributed by atoms with van der Waals surface area (Å²) in [7, 11) is 0. The number of halogens is 2. The van der Waals surface area contributed by atoms with Crippen LogP contribution >= 0.6 is 11.6 Å². The first-order chi connectivity index (χ1) is 16.6. The number of ether oxygens (including phenoxy) is 1. The molecule has 34 heavy (non-hydrogen) atoms. The lowest BCUT2D eigenvalue weighted by molar-refractivity contribution is 0.443. The molecule has 4 aromatic carbocycles. The minimum atomic E-state index is -0.648. The van der Waals surface area contributed by atoms with Crippen molar-refractivity contribution in [1.29, 1.82) is 0 Å². The summed E-state index contributed by atoms with van der Waals surface area (Å²) in [5.74, 6) is -0.576. The van der Waals surface area contributed by atoms with Crippen LogP contribution in [0.3, 0.4) is 0 Å². The third-order valence-corrected chi connectivity index (χ3v) is 5.55. The van der Waals surface area contributed by atoms with Gasteiger partial charge in [-0.1, -0.05) is 72.3 Å². The summed E-state index contributed by atoms with van der Waals surface area (Å²) >= 11 is 6.58. The molecule has 0 radical (unpaired) electrons. The van der Waals surface area contributed by atoms with Crippen molar-refractivity contribution >= 4 is 33.9 Å². The van der Waals surface area contributed by atoms with Gasteiger partial charge in [-0.2, -0.15) is 0 Å². The zero-order chi connectivity index (χ0) is 23.5. The average molecular weight is 470 g/mol. The van der Waals surface area contributed by atoms with Crippen LogP contribution in [-0.2, 0) is 0 Å². The molecule has 0 aliphatic heterocycles. The summed E-state index contributed by atoms with van der Waals surface area (Å²) in [6.45, 7) is 0. The highest BCUT2D eigenvalue weighted by Gasteiger charge is 2.17. The molecule has 166 valence electrons. The normalized spacial score (nSPS) is 10.8. The van der Waals surface area contributed by atoms with Crippen LogP contribution in [-0.4, -0.2) is 15.7 Å². The molecule has 0 aliphatic carbocycles. The van der Waals surface area contributed by atoms with Crippen molar-refractivity contribution in [2.45, 2.75) is 0 Å². The number of aliphatic imine (C=N–C) groups is 1. The third kappa shape index (κ3) is 4.31. The van der Waals surface area contributed by atoms with Gasteiger partial charge in [0.1, 0.15) is 10.8 Å². The highest BCUT2D eigenvalue weighted by Crippen LogP contribution is 2.39. The minimum Gasteiger partial charge on any atom is -0.453 e. The standard InChI is InChI=1S/C27H17ClFN3O2/c28-24-23(32-25(17-7-3-1-4-8-17)18-9-5-2-6-10-18)14-12-21(29)26(24)34-19-11-13-22-20(15-19)27(33)31-16-30-22/h1-16H,(H,30,31,33). The molecule has 0 bridgehead atoms. The number of H-pyrrole nitrogens is 1. The summed E-state index contributed by atoms with van der Waals surface area (Å²) in [6.07, 6.45) is 1.32. The number of aromatic amines is 1. The Kier molecular flexibility index (Phi) is 5.89. The van der Waals surface area contributed by atoms with Gasteiger partial charge in [0.25, 0.3) is 5.56 Å². The number of fused-ring (bicyclic) bond motifs is 1. The largest absolute Gasteiger partial charge is 0.453 e. The maximum atomic E-state index is 14.8. The Labute approximate surface area is 199 Å². The fraction of sp³-hybridized carbons (Fsp3) is 0. The summed E-state index contributed by atoms with van der Waals surface area (Å²) in [4.78, 5) is 23.5. The lowest BCUT2D eigenvalue weighted by atomic mass is 10.0. The van der Waals surface area contributed by atoms with E-state index in [1.165, 1.54) is 24.5 Å². The molecule has 0 amide bonds. The first kappa shape index (κ1) is 21.6. The first-order valence-electron chi connectivity index (χ1n) is 10.4. The quantitative estimate of drug-likeness (QED) is 0.292. The Bertz CT molecular complexity index is 1530. The van der Waals surface area contributed by atoms with Crippen molar-refractivity contribution in [3.63, 3.8) is 0 Å². The molecule has 0 fully saturated rings. The van der Waals surface area contributed by atoms with E-state index in [0.717, 1.165) is 11.1 Å². The van der Waals surface area contributed by atoms with Gasteiger partial charge in [0.2, 0.25) is 0 Å². The van der Waals surface area contributed by atoms with E-state index in [0.29, 0.717) is 22.3 Å². The summed E-state index contributed by atoms with van der Waals surface area (Å²) in [6, 6.07) is 26.8. The lowest BCUT2D eigenvalue weighted by Crippen LogP contribution is -2.06. The maximum absolute atomic E-state index is 14.8. The third-order valence-electron chi connectivity index (χ3n) is 5.19. The van der Waals surface area contributed by atoms with Gasteiger partial charge in [0.15, 0.2) is 11.6 Å². The van der Waals surface area contributed by atoms with Crippen LogP contribution < -0.4 is 10.3 Å². The number of nitrogens with zero attached hydrogens (tertiary/aromatic N) is 2. The molecule has 0 atom stereocenters. The Balaban J connectivity index is 1.59. The number of rotatable bonds is 5. The minimum absolute atomic E-state index is 0.0181. The number of hydrogen-bond acceptors (Lipinski definition) is 4. The molecule has 7 heteroatoms. The topological polar surface area (TPSA) is 67.3 Å². The molecule has 0 aliphatic rings. The molecule has 1 heterocycles. The Morgan fingerprint density at radius 1 is 0.912 bits per heavy atom. The van der Waals surface area contributed by atoms with Crippen LogP contribution in [0.4, 0.5) is 10.1 Å². The molecule has 0 saturated heterocycles. The fourth-order valence-electron chi connectivity index (χ4n) is 3.54. The van der Waals surface area contributed by atoms with E-state index in [9.17, 15) is 9.18 Å². The summed E-state index contributed by atoms with van der Waals surface area (Å²) in [5.41, 5.74) is 2.98. The van der Waals surface area contributed by atoms with Crippen LogP contribution in [0.1, 0.15) is 11.1 Å². The average Bonchev–Trinajstić information content (AvgIpc) is 2.88. The van der Waals surface area contributed by atoms with E-state index in [1.54, 1.807) is 12.1 Å². The molecule has 5 rings (SSSR count). The molecular weight excluding hydrogens is 453 g/mol. The van der Waals surface area contributed by atoms with Gasteiger partial charge in [0, 0.05) is 11.1 Å². The van der Waals surface area contributed by atoms with E-state index < -0.39 is 5.82 Å². The second-order valence-corrected chi connectivity index (χ2v) is 7.79. The van der Waals surface area contributed by atoms with Crippen LogP contribution in [0.2, 0.25) is 5.02 Å². The number of aromatic nitrogens is 2. The number of benzene rings is 4. The fourth-order valence-corrected chi connectivity index (χ4v) is 3.77. The van der Waals surface area contributed by atoms with Gasteiger partial charge < -0.3 is 9.72 Å². The van der Waals surface area contributed by atoms with Crippen molar-refractivity contribution in [3.8, 4) is 11.5 Å². The van der Waals surface area contributed by atoms with Crippen LogP contribution in [0.5, 0.6) is 11.5 Å². The van der Waals surface area contributed by atoms with Gasteiger partial charge in [0.05, 0.1) is 28.6 Å². The predicted octanol–water partition coefficient (Wildman–Crippen LogP) is 6.68. The zero-order valence-corrected chi connectivity index (χ0v) is 18.5. The second kappa shape index (κ2) is 9.29. The van der Waals surface area contributed by atoms with E-state index in [2.05, 4.69) is 9.97 Å². The van der Waals surface area contributed by atoms with Gasteiger partial charge in [-0.15, -0.1) is 0 Å².